The van der Waals surface area contributed by atoms with E-state index < -0.39 is 20.5 Å². The number of ether oxygens (including phenoxy) is 2. The standard InChI is InChI=1S/C15H25NO4Si/c1-7-8-10-12(11-9-19-14(18)20-11)13(17)16(10)21(5,6)15(2,3)4/h7,10-12H,1,8-9H2,2-6H3. The molecule has 0 aromatic carbocycles. The summed E-state index contributed by atoms with van der Waals surface area (Å²) >= 11 is 0. The summed E-state index contributed by atoms with van der Waals surface area (Å²) in [6, 6.07) is 0.0652. The van der Waals surface area contributed by atoms with Gasteiger partial charge in [0, 0.05) is 6.04 Å². The molecule has 2 heterocycles. The van der Waals surface area contributed by atoms with E-state index >= 15 is 0 Å². The highest BCUT2D eigenvalue weighted by atomic mass is 28.3. The second kappa shape index (κ2) is 5.16. The van der Waals surface area contributed by atoms with Crippen molar-refractivity contribution < 1.29 is 19.1 Å². The minimum absolute atomic E-state index is 0.0652. The molecule has 6 heteroatoms. The van der Waals surface area contributed by atoms with E-state index in [2.05, 4.69) is 45.0 Å². The van der Waals surface area contributed by atoms with Crippen LogP contribution in [-0.2, 0) is 14.3 Å². The van der Waals surface area contributed by atoms with Gasteiger partial charge in [0.1, 0.15) is 6.61 Å². The first-order chi connectivity index (χ1) is 9.61. The SMILES string of the molecule is C=CCC1C(C2COC(=O)O2)C(=O)N1[Si](C)(C)C(C)(C)C. The van der Waals surface area contributed by atoms with Crippen LogP contribution in [0, 0.1) is 5.92 Å². The topological polar surface area (TPSA) is 55.8 Å². The maximum Gasteiger partial charge on any atom is 0.508 e. The highest BCUT2D eigenvalue weighted by Gasteiger charge is 2.60. The first-order valence-corrected chi connectivity index (χ1v) is 10.3. The van der Waals surface area contributed by atoms with Crippen LogP contribution in [0.15, 0.2) is 12.7 Å². The molecular formula is C15H25NO4Si. The highest BCUT2D eigenvalue weighted by Crippen LogP contribution is 2.47. The predicted octanol–water partition coefficient (Wildman–Crippen LogP) is 2.93. The van der Waals surface area contributed by atoms with Crippen LogP contribution < -0.4 is 0 Å². The van der Waals surface area contributed by atoms with Gasteiger partial charge in [0.25, 0.3) is 0 Å². The van der Waals surface area contributed by atoms with Gasteiger partial charge in [-0.2, -0.15) is 0 Å². The summed E-state index contributed by atoms with van der Waals surface area (Å²) in [5.41, 5.74) is 0. The summed E-state index contributed by atoms with van der Waals surface area (Å²) in [7, 11) is -1.94. The van der Waals surface area contributed by atoms with Crippen molar-refractivity contribution in [3.8, 4) is 0 Å². The Kier molecular flexibility index (Phi) is 3.95. The Morgan fingerprint density at radius 3 is 2.43 bits per heavy atom. The first-order valence-electron chi connectivity index (χ1n) is 7.38. The molecule has 2 fully saturated rings. The Balaban J connectivity index is 2.23. The number of amides is 1. The Labute approximate surface area is 127 Å². The Bertz CT molecular complexity index is 469. The van der Waals surface area contributed by atoms with Crippen LogP contribution in [0.2, 0.25) is 18.1 Å². The third-order valence-corrected chi connectivity index (χ3v) is 10.6. The maximum atomic E-state index is 12.7. The van der Waals surface area contributed by atoms with Gasteiger partial charge in [-0.05, 0) is 11.5 Å². The van der Waals surface area contributed by atoms with Gasteiger partial charge in [0.15, 0.2) is 14.3 Å². The summed E-state index contributed by atoms with van der Waals surface area (Å²) in [5.74, 6) is -0.194. The molecule has 0 saturated carbocycles. The first kappa shape index (κ1) is 16.1. The van der Waals surface area contributed by atoms with Crippen LogP contribution in [0.4, 0.5) is 4.79 Å². The quantitative estimate of drug-likeness (QED) is 0.347. The van der Waals surface area contributed by atoms with Crippen molar-refractivity contribution in [2.75, 3.05) is 6.61 Å². The molecule has 0 aliphatic carbocycles. The van der Waals surface area contributed by atoms with Crippen LogP contribution in [0.25, 0.3) is 0 Å². The van der Waals surface area contributed by atoms with E-state index in [1.165, 1.54) is 0 Å². The number of hydrogen-bond acceptors (Lipinski definition) is 4. The summed E-state index contributed by atoms with van der Waals surface area (Å²) in [6.07, 6.45) is 1.44. The number of hydrogen-bond donors (Lipinski definition) is 0. The zero-order valence-electron chi connectivity index (χ0n) is 13.5. The molecule has 0 spiro atoms. The monoisotopic (exact) mass is 311 g/mol. The zero-order chi connectivity index (χ0) is 16.0. The molecule has 3 unspecified atom stereocenters. The molecule has 2 aliphatic rings. The van der Waals surface area contributed by atoms with E-state index in [0.717, 1.165) is 6.42 Å². The van der Waals surface area contributed by atoms with Gasteiger partial charge in [0.2, 0.25) is 5.91 Å². The van der Waals surface area contributed by atoms with Crippen LogP contribution in [0.1, 0.15) is 27.2 Å². The molecule has 0 aromatic rings. The van der Waals surface area contributed by atoms with Gasteiger partial charge >= 0.3 is 6.16 Å². The smallest absolute Gasteiger partial charge is 0.430 e. The summed E-state index contributed by atoms with van der Waals surface area (Å²) in [5, 5.41) is 0.0793. The van der Waals surface area contributed by atoms with Gasteiger partial charge in [-0.15, -0.1) is 6.58 Å². The molecule has 0 bridgehead atoms. The van der Waals surface area contributed by atoms with Gasteiger partial charge in [-0.25, -0.2) is 4.79 Å². The molecule has 2 aliphatic heterocycles. The summed E-state index contributed by atoms with van der Waals surface area (Å²) < 4.78 is 12.0. The minimum Gasteiger partial charge on any atom is -0.430 e. The molecule has 1 amide bonds. The Morgan fingerprint density at radius 2 is 2.00 bits per heavy atom. The van der Waals surface area contributed by atoms with Crippen molar-refractivity contribution in [2.45, 2.75) is 57.5 Å². The lowest BCUT2D eigenvalue weighted by atomic mass is 9.83. The molecule has 118 valence electrons. The summed E-state index contributed by atoms with van der Waals surface area (Å²) in [4.78, 5) is 23.8. The molecule has 0 aromatic heterocycles. The lowest BCUT2D eigenvalue weighted by molar-refractivity contribution is -0.154. The van der Waals surface area contributed by atoms with E-state index in [1.807, 2.05) is 6.08 Å². The average molecular weight is 311 g/mol. The fourth-order valence-corrected chi connectivity index (χ4v) is 5.48. The van der Waals surface area contributed by atoms with Crippen LogP contribution in [0.5, 0.6) is 0 Å². The van der Waals surface area contributed by atoms with E-state index in [1.54, 1.807) is 0 Å². The number of cyclic esters (lactones) is 2. The van der Waals surface area contributed by atoms with Crippen molar-refractivity contribution in [1.29, 1.82) is 0 Å². The fourth-order valence-electron chi connectivity index (χ4n) is 2.97. The number of nitrogens with zero attached hydrogens (tertiary/aromatic N) is 1. The number of carbonyl (C=O) groups excluding carboxylic acids is 2. The van der Waals surface area contributed by atoms with Crippen molar-refractivity contribution >= 4 is 20.3 Å². The van der Waals surface area contributed by atoms with E-state index in [4.69, 9.17) is 9.47 Å². The molecule has 21 heavy (non-hydrogen) atoms. The number of β-lactam (4-membered cyclic amide) rings is 1. The second-order valence-corrected chi connectivity index (χ2v) is 12.5. The molecule has 5 nitrogen and oxygen atoms in total. The van der Waals surface area contributed by atoms with Gasteiger partial charge in [-0.1, -0.05) is 39.9 Å². The van der Waals surface area contributed by atoms with Gasteiger partial charge < -0.3 is 14.0 Å². The minimum atomic E-state index is -1.94. The van der Waals surface area contributed by atoms with Crippen molar-refractivity contribution in [2.24, 2.45) is 5.92 Å². The third-order valence-electron chi connectivity index (χ3n) is 5.13. The molecule has 2 saturated heterocycles. The van der Waals surface area contributed by atoms with Crippen molar-refractivity contribution in [1.82, 2.24) is 4.57 Å². The highest BCUT2D eigenvalue weighted by molar-refractivity contribution is 6.80. The van der Waals surface area contributed by atoms with E-state index in [-0.39, 0.29) is 29.5 Å². The largest absolute Gasteiger partial charge is 0.508 e. The summed E-state index contributed by atoms with van der Waals surface area (Å²) in [6.45, 7) is 15.0. The molecular weight excluding hydrogens is 286 g/mol. The van der Waals surface area contributed by atoms with Gasteiger partial charge in [0.05, 0.1) is 5.92 Å². The zero-order valence-corrected chi connectivity index (χ0v) is 14.5. The van der Waals surface area contributed by atoms with Crippen LogP contribution in [0.3, 0.4) is 0 Å². The molecule has 2 rings (SSSR count). The average Bonchev–Trinajstić information content (AvgIpc) is 2.73. The Morgan fingerprint density at radius 1 is 1.38 bits per heavy atom. The molecule has 0 radical (unpaired) electrons. The molecule has 3 atom stereocenters. The lowest BCUT2D eigenvalue weighted by Crippen LogP contribution is -2.74. The fraction of sp³-hybridized carbons (Fsp3) is 0.733. The normalized spacial score (nSPS) is 29.8. The third kappa shape index (κ3) is 2.50. The number of carbonyl (C=O) groups is 2. The van der Waals surface area contributed by atoms with Crippen molar-refractivity contribution in [3.05, 3.63) is 12.7 Å². The lowest BCUT2D eigenvalue weighted by Gasteiger charge is -2.59. The maximum absolute atomic E-state index is 12.7. The second-order valence-electron chi connectivity index (χ2n) is 7.35. The van der Waals surface area contributed by atoms with Crippen molar-refractivity contribution in [3.63, 3.8) is 0 Å². The molecule has 0 N–H and O–H groups in total. The Hall–Kier alpha value is -1.30. The predicted molar refractivity (Wildman–Crippen MR) is 82.4 cm³/mol. The van der Waals surface area contributed by atoms with E-state index in [0.29, 0.717) is 0 Å². The van der Waals surface area contributed by atoms with Crippen LogP contribution in [-0.4, -0.2) is 43.6 Å². The number of rotatable bonds is 4. The van der Waals surface area contributed by atoms with Crippen LogP contribution >= 0.6 is 0 Å². The van der Waals surface area contributed by atoms with E-state index in [9.17, 15) is 9.59 Å². The van der Waals surface area contributed by atoms with Gasteiger partial charge in [-0.3, -0.25) is 4.79 Å².